The molecule has 8 rings (SSSR count). The maximum atomic E-state index is 11.0. The van der Waals surface area contributed by atoms with Gasteiger partial charge in [0.05, 0.1) is 127 Å². The van der Waals surface area contributed by atoms with Crippen LogP contribution in [0.1, 0.15) is 105 Å². The van der Waals surface area contributed by atoms with Gasteiger partial charge in [0.1, 0.15) is 26.4 Å². The molecule has 0 aliphatic carbocycles. The number of esters is 16. The lowest BCUT2D eigenvalue weighted by Crippen LogP contribution is -2.18. The Hall–Kier alpha value is -10.6. The molecule has 0 saturated carbocycles. The van der Waals surface area contributed by atoms with Crippen molar-refractivity contribution in [1.82, 2.24) is 0 Å². The summed E-state index contributed by atoms with van der Waals surface area (Å²) in [7, 11) is 0. The maximum absolute atomic E-state index is 11.0. The molecule has 8 aliphatic rings. The summed E-state index contributed by atoms with van der Waals surface area (Å²) in [5.41, 5.74) is 1.43. The van der Waals surface area contributed by atoms with E-state index in [-0.39, 0.29) is 148 Å². The first-order valence-corrected chi connectivity index (χ1v) is 33.2. The van der Waals surface area contributed by atoms with Gasteiger partial charge in [-0.1, -0.05) is 52.6 Å². The highest BCUT2D eigenvalue weighted by Crippen LogP contribution is 2.23. The van der Waals surface area contributed by atoms with Crippen LogP contribution in [0.4, 0.5) is 0 Å². The van der Waals surface area contributed by atoms with Gasteiger partial charge in [0.2, 0.25) is 0 Å². The van der Waals surface area contributed by atoms with E-state index in [0.717, 1.165) is 50.0 Å². The average molecular weight is 1470 g/mol. The van der Waals surface area contributed by atoms with Crippen LogP contribution < -0.4 is 0 Å². The van der Waals surface area contributed by atoms with Crippen LogP contribution >= 0.6 is 0 Å². The van der Waals surface area contributed by atoms with Crippen LogP contribution in [0, 0.1) is 47.3 Å². The third-order valence-electron chi connectivity index (χ3n) is 14.9. The molecular formula is C72H96O32. The van der Waals surface area contributed by atoms with E-state index in [0.29, 0.717) is 127 Å². The van der Waals surface area contributed by atoms with Crippen LogP contribution in [0.25, 0.3) is 0 Å². The minimum absolute atomic E-state index is 0.0994. The van der Waals surface area contributed by atoms with Crippen molar-refractivity contribution in [2.45, 2.75) is 105 Å². The molecule has 0 aromatic heterocycles. The van der Waals surface area contributed by atoms with E-state index >= 15 is 0 Å². The minimum Gasteiger partial charge on any atom is -0.465 e. The van der Waals surface area contributed by atoms with Gasteiger partial charge >= 0.3 is 95.5 Å². The highest BCUT2D eigenvalue weighted by Gasteiger charge is 2.33. The van der Waals surface area contributed by atoms with Gasteiger partial charge in [0.25, 0.3) is 0 Å². The zero-order valence-electron chi connectivity index (χ0n) is 59.4. The van der Waals surface area contributed by atoms with Gasteiger partial charge < -0.3 is 75.8 Å². The first-order chi connectivity index (χ1) is 49.4. The molecule has 0 amide bonds. The number of hydrogen-bond donors (Lipinski definition) is 0. The summed E-state index contributed by atoms with van der Waals surface area (Å²) in [5.74, 6) is -7.07. The first-order valence-electron chi connectivity index (χ1n) is 33.2. The van der Waals surface area contributed by atoms with Crippen molar-refractivity contribution >= 4 is 95.5 Å². The Labute approximate surface area is 603 Å². The van der Waals surface area contributed by atoms with Gasteiger partial charge in [-0.15, -0.1) is 0 Å². The summed E-state index contributed by atoms with van der Waals surface area (Å²) >= 11 is 0. The Morgan fingerprint density at radius 3 is 0.615 bits per heavy atom. The molecule has 8 saturated heterocycles. The largest absolute Gasteiger partial charge is 0.465 e. The molecule has 32 heteroatoms. The van der Waals surface area contributed by atoms with Gasteiger partial charge in [0.15, 0.2) is 0 Å². The number of cyclic esters (lactones) is 8. The van der Waals surface area contributed by atoms with E-state index in [9.17, 15) is 76.7 Å². The van der Waals surface area contributed by atoms with Crippen LogP contribution in [0.5, 0.6) is 0 Å². The number of hydrogen-bond acceptors (Lipinski definition) is 32. The second-order valence-electron chi connectivity index (χ2n) is 23.4. The van der Waals surface area contributed by atoms with Gasteiger partial charge in [-0.25, -0.2) is 38.4 Å². The summed E-state index contributed by atoms with van der Waals surface area (Å²) in [5, 5.41) is 0. The summed E-state index contributed by atoms with van der Waals surface area (Å²) in [6.07, 6.45) is 11.9. The number of carbonyl (C=O) groups is 16. The van der Waals surface area contributed by atoms with E-state index in [2.05, 4.69) is 71.6 Å². The Balaban J connectivity index is 0.000000595. The molecule has 576 valence electrons. The number of ether oxygens (including phenoxy) is 16. The van der Waals surface area contributed by atoms with Crippen LogP contribution in [0.2, 0.25) is 0 Å². The van der Waals surface area contributed by atoms with Crippen LogP contribution in [-0.2, 0) is 153 Å². The van der Waals surface area contributed by atoms with Crippen molar-refractivity contribution in [1.29, 1.82) is 0 Å². The summed E-state index contributed by atoms with van der Waals surface area (Å²) in [4.78, 5) is 174. The van der Waals surface area contributed by atoms with Crippen molar-refractivity contribution in [3.8, 4) is 0 Å². The summed E-state index contributed by atoms with van der Waals surface area (Å²) in [6, 6.07) is 0. The van der Waals surface area contributed by atoms with E-state index in [1.54, 1.807) is 27.7 Å². The molecule has 8 unspecified atom stereocenters. The lowest BCUT2D eigenvalue weighted by molar-refractivity contribution is -0.148. The van der Waals surface area contributed by atoms with E-state index in [1.165, 1.54) is 0 Å². The van der Waals surface area contributed by atoms with E-state index in [4.69, 9.17) is 56.8 Å². The monoisotopic (exact) mass is 1470 g/mol. The van der Waals surface area contributed by atoms with E-state index in [1.807, 2.05) is 0 Å². The molecule has 0 radical (unpaired) electrons. The SMILES string of the molecule is C=C(C)C(=O)OCC1CCOC1=O.C=C(C)C(=O)OCC1CCOC1=O.C=C(C)C(=O)OCCC1CCOC1=O.C=C(C)C(=O)OCCC1CCOC1=O.C=CC(=O)OCC1CCOC1=O.C=CC(=O)OCC1CCOC1=O.C=CC(=O)OCCC1CCOC1=O.C=CC(=O)OCCC1CCOC1=O. The predicted octanol–water partition coefficient (Wildman–Crippen LogP) is 5.35. The second-order valence-corrected chi connectivity index (χ2v) is 23.4. The van der Waals surface area contributed by atoms with Crippen LogP contribution in [-0.4, -0.2) is 201 Å². The standard InChI is InChI=1S/2C10H14O4.4C9H12O4.2C8H10O4/c2*1-7(2)9(11)13-5-3-8-4-6-14-10(8)12;2*1-6(2)8(10)13-5-7-3-4-12-9(7)11;2*1-2-8(10)12-5-3-7-4-6-13-9(7)11;2*1-2-7(9)12-5-6-3-4-11-8(6)10/h2*8H,1,3-6H2,2H3;2*7H,1,3-5H2,2H3;2*2,7H,1,3-6H2;2*2,6H,1,3-5H2. The smallest absolute Gasteiger partial charge is 0.333 e. The van der Waals surface area contributed by atoms with E-state index < -0.39 is 47.8 Å². The highest BCUT2D eigenvalue weighted by atomic mass is 16.6. The summed E-state index contributed by atoms with van der Waals surface area (Å²) in [6.45, 7) is 38.1. The van der Waals surface area contributed by atoms with Crippen LogP contribution in [0.15, 0.2) is 99.2 Å². The molecule has 8 atom stereocenters. The molecule has 32 nitrogen and oxygen atoms in total. The molecule has 8 aliphatic heterocycles. The Morgan fingerprint density at radius 1 is 0.279 bits per heavy atom. The van der Waals surface area contributed by atoms with Crippen molar-refractivity contribution < 1.29 is 153 Å². The third kappa shape index (κ3) is 39.6. The molecule has 0 bridgehead atoms. The average Bonchev–Trinajstić information content (AvgIpc) is 1.84. The van der Waals surface area contributed by atoms with Gasteiger partial charge in [-0.05, 0) is 105 Å². The Morgan fingerprint density at radius 2 is 0.442 bits per heavy atom. The fourth-order valence-corrected chi connectivity index (χ4v) is 8.59. The quantitative estimate of drug-likeness (QED) is 0.0541. The normalized spacial score (nSPS) is 21.0. The Bertz CT molecular complexity index is 2860. The fourth-order valence-electron chi connectivity index (χ4n) is 8.59. The summed E-state index contributed by atoms with van der Waals surface area (Å²) < 4.78 is 76.0. The van der Waals surface area contributed by atoms with Crippen LogP contribution in [0.3, 0.4) is 0 Å². The fraction of sp³-hybridized carbons (Fsp3) is 0.556. The zero-order valence-corrected chi connectivity index (χ0v) is 59.4. The molecule has 8 fully saturated rings. The maximum Gasteiger partial charge on any atom is 0.333 e. The highest BCUT2D eigenvalue weighted by molar-refractivity contribution is 5.89. The van der Waals surface area contributed by atoms with Gasteiger partial charge in [0, 0.05) is 46.6 Å². The molecule has 8 heterocycles. The molecule has 0 aromatic rings. The Kier molecular flexibility index (Phi) is 46.1. The minimum atomic E-state index is -0.505. The zero-order chi connectivity index (χ0) is 78.1. The van der Waals surface area contributed by atoms with Crippen molar-refractivity contribution in [3.63, 3.8) is 0 Å². The van der Waals surface area contributed by atoms with Crippen molar-refractivity contribution in [2.75, 3.05) is 106 Å². The van der Waals surface area contributed by atoms with Gasteiger partial charge in [-0.2, -0.15) is 0 Å². The molecule has 0 aromatic carbocycles. The van der Waals surface area contributed by atoms with Crippen molar-refractivity contribution in [2.24, 2.45) is 47.3 Å². The molecular weight excluding hydrogens is 1380 g/mol. The third-order valence-corrected chi connectivity index (χ3v) is 14.9. The van der Waals surface area contributed by atoms with Crippen molar-refractivity contribution in [3.05, 3.63) is 99.2 Å². The van der Waals surface area contributed by atoms with Gasteiger partial charge in [-0.3, -0.25) is 38.4 Å². The number of rotatable bonds is 28. The molecule has 0 spiro atoms. The lowest BCUT2D eigenvalue weighted by atomic mass is 10.1. The lowest BCUT2D eigenvalue weighted by Gasteiger charge is -2.06. The molecule has 104 heavy (non-hydrogen) atoms. The predicted molar refractivity (Wildman–Crippen MR) is 359 cm³/mol. The first kappa shape index (κ1) is 91.5. The topological polar surface area (TPSA) is 421 Å². The molecule has 0 N–H and O–H groups in total. The number of carbonyl (C=O) groups excluding carboxylic acids is 16. The second kappa shape index (κ2) is 52.4.